The van der Waals surface area contributed by atoms with Gasteiger partial charge in [0.1, 0.15) is 10.6 Å². The Kier molecular flexibility index (Phi) is 4.25. The number of halogens is 2. The second-order valence-corrected chi connectivity index (χ2v) is 5.11. The van der Waals surface area contributed by atoms with Crippen molar-refractivity contribution in [1.29, 1.82) is 0 Å². The molecular weight excluding hydrogens is 267 g/mol. The molecule has 0 aliphatic carbocycles. The topological polar surface area (TPSA) is 55.8 Å². The first kappa shape index (κ1) is 14.1. The summed E-state index contributed by atoms with van der Waals surface area (Å²) in [5.41, 5.74) is -0.658. The molecule has 0 amide bonds. The van der Waals surface area contributed by atoms with Crippen molar-refractivity contribution in [2.75, 3.05) is 0 Å². The highest BCUT2D eigenvalue weighted by Crippen LogP contribution is 2.36. The Morgan fingerprint density at radius 3 is 2.35 bits per heavy atom. The average Bonchev–Trinajstić information content (AvgIpc) is 2.14. The van der Waals surface area contributed by atoms with Crippen LogP contribution in [0.25, 0.3) is 0 Å². The Morgan fingerprint density at radius 2 is 1.88 bits per heavy atom. The van der Waals surface area contributed by atoms with Crippen LogP contribution in [0.1, 0.15) is 31.1 Å². The number of carboxylic acid groups (broad SMARTS) is 1. The lowest BCUT2D eigenvalue weighted by Crippen LogP contribution is -2.21. The Hall–Kier alpha value is -0.970. The van der Waals surface area contributed by atoms with Crippen molar-refractivity contribution in [3.63, 3.8) is 0 Å². The summed E-state index contributed by atoms with van der Waals surface area (Å²) >= 11 is 11.7. The Bertz CT molecular complexity index is 438. The summed E-state index contributed by atoms with van der Waals surface area (Å²) in [6.07, 6.45) is 0. The summed E-state index contributed by atoms with van der Waals surface area (Å²) in [5.74, 6) is -1.16. The van der Waals surface area contributed by atoms with Gasteiger partial charge in [-0.05, 0) is 32.9 Å². The Balaban J connectivity index is 3.06. The van der Waals surface area contributed by atoms with Gasteiger partial charge in [-0.15, -0.1) is 0 Å². The van der Waals surface area contributed by atoms with Crippen LogP contribution in [0.2, 0.25) is 10.0 Å². The minimum absolute atomic E-state index is 0.00292. The van der Waals surface area contributed by atoms with Crippen molar-refractivity contribution in [2.24, 2.45) is 0 Å². The largest absolute Gasteiger partial charge is 0.478 e. The van der Waals surface area contributed by atoms with Crippen molar-refractivity contribution in [1.82, 2.24) is 0 Å². The summed E-state index contributed by atoms with van der Waals surface area (Å²) in [6, 6.07) is 2.69. The zero-order valence-electron chi connectivity index (χ0n) is 9.58. The third kappa shape index (κ3) is 3.77. The molecule has 17 heavy (non-hydrogen) atoms. The SMILES string of the molecule is CC(C)(C)OOc1c(Cl)ccc(C(=O)O)c1Cl. The van der Waals surface area contributed by atoms with E-state index in [4.69, 9.17) is 38.1 Å². The molecule has 0 aromatic heterocycles. The number of carboxylic acids is 1. The molecular formula is C11H12Cl2O4. The predicted molar refractivity (Wildman–Crippen MR) is 64.9 cm³/mol. The molecule has 0 saturated heterocycles. The minimum Gasteiger partial charge on any atom is -0.478 e. The predicted octanol–water partition coefficient (Wildman–Crippen LogP) is 3.80. The highest BCUT2D eigenvalue weighted by molar-refractivity contribution is 6.39. The fourth-order valence-corrected chi connectivity index (χ4v) is 1.46. The smallest absolute Gasteiger partial charge is 0.337 e. The molecule has 0 heterocycles. The lowest BCUT2D eigenvalue weighted by Gasteiger charge is -2.19. The lowest BCUT2D eigenvalue weighted by molar-refractivity contribution is -0.274. The Morgan fingerprint density at radius 1 is 1.29 bits per heavy atom. The molecule has 0 unspecified atom stereocenters. The molecule has 0 fully saturated rings. The molecule has 0 atom stereocenters. The van der Waals surface area contributed by atoms with Gasteiger partial charge in [0.15, 0.2) is 0 Å². The maximum Gasteiger partial charge on any atom is 0.337 e. The van der Waals surface area contributed by atoms with Crippen LogP contribution in [0.5, 0.6) is 5.75 Å². The molecule has 4 nitrogen and oxygen atoms in total. The van der Waals surface area contributed by atoms with E-state index < -0.39 is 11.6 Å². The Labute approximate surface area is 109 Å². The van der Waals surface area contributed by atoms with Crippen LogP contribution >= 0.6 is 23.2 Å². The molecule has 0 aliphatic rings. The van der Waals surface area contributed by atoms with E-state index in [1.165, 1.54) is 12.1 Å². The zero-order valence-corrected chi connectivity index (χ0v) is 11.1. The third-order valence-corrected chi connectivity index (χ3v) is 2.33. The highest BCUT2D eigenvalue weighted by atomic mass is 35.5. The van der Waals surface area contributed by atoms with Crippen LogP contribution in [-0.4, -0.2) is 16.7 Å². The van der Waals surface area contributed by atoms with E-state index in [1.807, 2.05) is 0 Å². The molecule has 0 bridgehead atoms. The fourth-order valence-electron chi connectivity index (χ4n) is 0.941. The quantitative estimate of drug-likeness (QED) is 0.675. The van der Waals surface area contributed by atoms with E-state index in [-0.39, 0.29) is 21.4 Å². The number of aromatic carboxylic acids is 1. The van der Waals surface area contributed by atoms with E-state index in [1.54, 1.807) is 20.8 Å². The van der Waals surface area contributed by atoms with Crippen LogP contribution in [0.3, 0.4) is 0 Å². The summed E-state index contributed by atoms with van der Waals surface area (Å²) in [5, 5.41) is 8.98. The van der Waals surface area contributed by atoms with Gasteiger partial charge in [-0.1, -0.05) is 23.2 Å². The van der Waals surface area contributed by atoms with Crippen molar-refractivity contribution in [3.8, 4) is 5.75 Å². The number of rotatable bonds is 3. The van der Waals surface area contributed by atoms with Gasteiger partial charge in [0.25, 0.3) is 0 Å². The molecule has 1 aromatic rings. The van der Waals surface area contributed by atoms with E-state index >= 15 is 0 Å². The number of hydrogen-bond acceptors (Lipinski definition) is 3. The van der Waals surface area contributed by atoms with Gasteiger partial charge in [0.2, 0.25) is 5.75 Å². The number of carbonyl (C=O) groups is 1. The number of hydrogen-bond donors (Lipinski definition) is 1. The summed E-state index contributed by atoms with van der Waals surface area (Å²) in [6.45, 7) is 5.32. The van der Waals surface area contributed by atoms with Crippen molar-refractivity contribution < 1.29 is 19.7 Å². The molecule has 0 spiro atoms. The second kappa shape index (κ2) is 5.12. The maximum atomic E-state index is 10.9. The van der Waals surface area contributed by atoms with Crippen LogP contribution in [0.15, 0.2) is 12.1 Å². The van der Waals surface area contributed by atoms with E-state index in [0.29, 0.717) is 0 Å². The van der Waals surface area contributed by atoms with Gasteiger partial charge in [-0.2, -0.15) is 4.89 Å². The first-order chi connectivity index (χ1) is 7.72. The van der Waals surface area contributed by atoms with Crippen LogP contribution < -0.4 is 4.89 Å². The molecule has 0 radical (unpaired) electrons. The summed E-state index contributed by atoms with van der Waals surface area (Å²) < 4.78 is 0. The van der Waals surface area contributed by atoms with Crippen LogP contribution in [-0.2, 0) is 4.89 Å². The van der Waals surface area contributed by atoms with Gasteiger partial charge >= 0.3 is 5.97 Å². The highest BCUT2D eigenvalue weighted by Gasteiger charge is 2.20. The normalized spacial score (nSPS) is 11.4. The van der Waals surface area contributed by atoms with Gasteiger partial charge in [0.05, 0.1) is 10.6 Å². The average molecular weight is 279 g/mol. The van der Waals surface area contributed by atoms with Gasteiger partial charge in [-0.25, -0.2) is 4.79 Å². The van der Waals surface area contributed by atoms with Crippen LogP contribution in [0, 0.1) is 0 Å². The summed E-state index contributed by atoms with van der Waals surface area (Å²) in [4.78, 5) is 20.9. The first-order valence-corrected chi connectivity index (χ1v) is 5.55. The molecule has 1 rings (SSSR count). The zero-order chi connectivity index (χ0) is 13.2. The maximum absolute atomic E-state index is 10.9. The van der Waals surface area contributed by atoms with Crippen molar-refractivity contribution >= 4 is 29.2 Å². The van der Waals surface area contributed by atoms with Gasteiger partial charge < -0.3 is 9.99 Å². The van der Waals surface area contributed by atoms with Gasteiger partial charge in [0, 0.05) is 0 Å². The van der Waals surface area contributed by atoms with E-state index in [9.17, 15) is 4.79 Å². The number of benzene rings is 1. The molecule has 1 aromatic carbocycles. The third-order valence-electron chi connectivity index (χ3n) is 1.65. The standard InChI is InChI=1S/C11H12Cl2O4/c1-11(2,3)17-16-9-7(12)5-4-6(8(9)13)10(14)15/h4-5H,1-3H3,(H,14,15). The van der Waals surface area contributed by atoms with E-state index in [2.05, 4.69) is 0 Å². The van der Waals surface area contributed by atoms with Crippen molar-refractivity contribution in [2.45, 2.75) is 26.4 Å². The minimum atomic E-state index is -1.16. The van der Waals surface area contributed by atoms with E-state index in [0.717, 1.165) is 0 Å². The molecule has 1 N–H and O–H groups in total. The molecule has 0 aliphatic heterocycles. The molecule has 94 valence electrons. The van der Waals surface area contributed by atoms with Crippen molar-refractivity contribution in [3.05, 3.63) is 27.7 Å². The van der Waals surface area contributed by atoms with Crippen LogP contribution in [0.4, 0.5) is 0 Å². The molecule has 0 saturated carbocycles. The molecule has 6 heteroatoms. The van der Waals surface area contributed by atoms with Gasteiger partial charge in [-0.3, -0.25) is 0 Å². The first-order valence-electron chi connectivity index (χ1n) is 4.79. The lowest BCUT2D eigenvalue weighted by atomic mass is 10.2. The summed E-state index contributed by atoms with van der Waals surface area (Å²) in [7, 11) is 0. The fraction of sp³-hybridized carbons (Fsp3) is 0.364. The monoisotopic (exact) mass is 278 g/mol. The second-order valence-electron chi connectivity index (χ2n) is 4.32.